The summed E-state index contributed by atoms with van der Waals surface area (Å²) in [4.78, 5) is 4.02. The molecule has 0 atom stereocenters. The third-order valence-corrected chi connectivity index (χ3v) is 1.13. The molecule has 1 aromatic rings. The zero-order valence-corrected chi connectivity index (χ0v) is 5.39. The van der Waals surface area contributed by atoms with Crippen LogP contribution in [0.5, 0.6) is 0 Å². The van der Waals surface area contributed by atoms with Gasteiger partial charge in [-0.25, -0.2) is 4.98 Å². The fourth-order valence-corrected chi connectivity index (χ4v) is 0.664. The molecule has 0 fully saturated rings. The summed E-state index contributed by atoms with van der Waals surface area (Å²) in [5.74, 6) is 0.845. The average molecular weight is 121 g/mol. The van der Waals surface area contributed by atoms with Crippen LogP contribution in [-0.2, 0) is 0 Å². The van der Waals surface area contributed by atoms with Crippen molar-refractivity contribution in [3.8, 4) is 0 Å². The van der Waals surface area contributed by atoms with Crippen LogP contribution in [0.25, 0.3) is 0 Å². The standard InChI is InChI=1S/C7H9N2/c1-6-4-3-5-9-7(6)8-2/h3-5H,1H2,2H3,(H,8,9). The Morgan fingerprint density at radius 1 is 1.67 bits per heavy atom. The summed E-state index contributed by atoms with van der Waals surface area (Å²) < 4.78 is 0. The van der Waals surface area contributed by atoms with Gasteiger partial charge in [-0.05, 0) is 18.6 Å². The lowest BCUT2D eigenvalue weighted by Gasteiger charge is -1.99. The van der Waals surface area contributed by atoms with E-state index in [2.05, 4.69) is 17.2 Å². The van der Waals surface area contributed by atoms with Crippen molar-refractivity contribution in [3.05, 3.63) is 30.8 Å². The van der Waals surface area contributed by atoms with Crippen LogP contribution < -0.4 is 5.32 Å². The van der Waals surface area contributed by atoms with Crippen molar-refractivity contribution >= 4 is 5.82 Å². The van der Waals surface area contributed by atoms with Gasteiger partial charge in [-0.3, -0.25) is 0 Å². The van der Waals surface area contributed by atoms with Crippen molar-refractivity contribution in [1.29, 1.82) is 0 Å². The second-order valence-corrected chi connectivity index (χ2v) is 1.76. The molecular weight excluding hydrogens is 112 g/mol. The Kier molecular flexibility index (Phi) is 1.68. The van der Waals surface area contributed by atoms with E-state index in [4.69, 9.17) is 0 Å². The highest BCUT2D eigenvalue weighted by Crippen LogP contribution is 2.06. The van der Waals surface area contributed by atoms with E-state index in [1.54, 1.807) is 6.20 Å². The molecule has 1 rings (SSSR count). The van der Waals surface area contributed by atoms with Gasteiger partial charge in [0.25, 0.3) is 0 Å². The Morgan fingerprint density at radius 3 is 2.89 bits per heavy atom. The van der Waals surface area contributed by atoms with E-state index in [-0.39, 0.29) is 0 Å². The summed E-state index contributed by atoms with van der Waals surface area (Å²) in [6, 6.07) is 3.78. The van der Waals surface area contributed by atoms with Crippen LogP contribution in [0, 0.1) is 6.92 Å². The van der Waals surface area contributed by atoms with Crippen molar-refractivity contribution < 1.29 is 0 Å². The third kappa shape index (κ3) is 1.19. The molecule has 0 saturated carbocycles. The topological polar surface area (TPSA) is 24.9 Å². The van der Waals surface area contributed by atoms with Gasteiger partial charge in [0.05, 0.1) is 0 Å². The Morgan fingerprint density at radius 2 is 2.44 bits per heavy atom. The Labute approximate surface area is 54.9 Å². The monoisotopic (exact) mass is 121 g/mol. The van der Waals surface area contributed by atoms with Crippen LogP contribution in [0.3, 0.4) is 0 Å². The maximum Gasteiger partial charge on any atom is 0.128 e. The number of aromatic nitrogens is 1. The molecule has 1 radical (unpaired) electrons. The van der Waals surface area contributed by atoms with Gasteiger partial charge in [0.1, 0.15) is 5.82 Å². The first kappa shape index (κ1) is 6.08. The van der Waals surface area contributed by atoms with Crippen LogP contribution in [0.4, 0.5) is 5.82 Å². The van der Waals surface area contributed by atoms with Gasteiger partial charge in [-0.2, -0.15) is 0 Å². The molecule has 0 unspecified atom stereocenters. The first-order valence-electron chi connectivity index (χ1n) is 2.79. The molecular formula is C7H9N2. The minimum absolute atomic E-state index is 0.845. The van der Waals surface area contributed by atoms with Crippen molar-refractivity contribution in [3.63, 3.8) is 0 Å². The molecule has 1 aromatic heterocycles. The van der Waals surface area contributed by atoms with Crippen LogP contribution >= 0.6 is 0 Å². The normalized spacial score (nSPS) is 9.11. The Balaban J connectivity index is 3.01. The number of hydrogen-bond acceptors (Lipinski definition) is 2. The van der Waals surface area contributed by atoms with E-state index < -0.39 is 0 Å². The summed E-state index contributed by atoms with van der Waals surface area (Å²) in [7, 11) is 1.83. The fourth-order valence-electron chi connectivity index (χ4n) is 0.664. The quantitative estimate of drug-likeness (QED) is 0.605. The molecule has 1 N–H and O–H groups in total. The predicted molar refractivity (Wildman–Crippen MR) is 38.2 cm³/mol. The maximum atomic E-state index is 4.02. The highest BCUT2D eigenvalue weighted by atomic mass is 14.9. The van der Waals surface area contributed by atoms with Crippen molar-refractivity contribution in [2.75, 3.05) is 12.4 Å². The molecule has 2 heteroatoms. The van der Waals surface area contributed by atoms with E-state index in [0.29, 0.717) is 0 Å². The van der Waals surface area contributed by atoms with Crippen LogP contribution in [-0.4, -0.2) is 12.0 Å². The number of hydrogen-bond donors (Lipinski definition) is 1. The maximum absolute atomic E-state index is 4.02. The van der Waals surface area contributed by atoms with Gasteiger partial charge in [-0.15, -0.1) is 0 Å². The zero-order chi connectivity index (χ0) is 6.69. The molecule has 0 aliphatic carbocycles. The largest absolute Gasteiger partial charge is 0.373 e. The lowest BCUT2D eigenvalue weighted by Crippen LogP contribution is -1.93. The predicted octanol–water partition coefficient (Wildman–Crippen LogP) is 1.31. The second kappa shape index (κ2) is 2.49. The molecule has 0 aliphatic rings. The zero-order valence-electron chi connectivity index (χ0n) is 5.39. The SMILES string of the molecule is [CH2]c1cccnc1NC. The molecule has 0 aliphatic heterocycles. The van der Waals surface area contributed by atoms with Crippen LogP contribution in [0.2, 0.25) is 0 Å². The van der Waals surface area contributed by atoms with Gasteiger partial charge in [-0.1, -0.05) is 6.07 Å². The summed E-state index contributed by atoms with van der Waals surface area (Å²) in [5.41, 5.74) is 0.931. The summed E-state index contributed by atoms with van der Waals surface area (Å²) >= 11 is 0. The number of nitrogens with one attached hydrogen (secondary N) is 1. The number of anilines is 1. The van der Waals surface area contributed by atoms with E-state index in [0.717, 1.165) is 11.4 Å². The molecule has 47 valence electrons. The number of pyridine rings is 1. The lowest BCUT2D eigenvalue weighted by atomic mass is 10.3. The number of rotatable bonds is 1. The first-order valence-corrected chi connectivity index (χ1v) is 2.79. The molecule has 0 amide bonds. The average Bonchev–Trinajstić information content (AvgIpc) is 1.89. The highest BCUT2D eigenvalue weighted by molar-refractivity contribution is 5.44. The van der Waals surface area contributed by atoms with Crippen LogP contribution in [0.15, 0.2) is 18.3 Å². The molecule has 9 heavy (non-hydrogen) atoms. The minimum atomic E-state index is 0.845. The molecule has 2 nitrogen and oxygen atoms in total. The highest BCUT2D eigenvalue weighted by Gasteiger charge is 1.90. The van der Waals surface area contributed by atoms with Crippen molar-refractivity contribution in [2.45, 2.75) is 0 Å². The van der Waals surface area contributed by atoms with Gasteiger partial charge in [0.15, 0.2) is 0 Å². The minimum Gasteiger partial charge on any atom is -0.373 e. The smallest absolute Gasteiger partial charge is 0.128 e. The second-order valence-electron chi connectivity index (χ2n) is 1.76. The van der Waals surface area contributed by atoms with Crippen LogP contribution in [0.1, 0.15) is 5.56 Å². The lowest BCUT2D eigenvalue weighted by molar-refractivity contribution is 1.27. The van der Waals surface area contributed by atoms with Gasteiger partial charge in [0, 0.05) is 13.2 Å². The molecule has 1 heterocycles. The molecule has 0 spiro atoms. The fraction of sp³-hybridized carbons (Fsp3) is 0.143. The Hall–Kier alpha value is -1.05. The van der Waals surface area contributed by atoms with E-state index >= 15 is 0 Å². The van der Waals surface area contributed by atoms with E-state index in [9.17, 15) is 0 Å². The summed E-state index contributed by atoms with van der Waals surface area (Å²) in [6.07, 6.45) is 1.74. The molecule has 0 aromatic carbocycles. The van der Waals surface area contributed by atoms with E-state index in [1.165, 1.54) is 0 Å². The van der Waals surface area contributed by atoms with Gasteiger partial charge in [0.2, 0.25) is 0 Å². The third-order valence-electron chi connectivity index (χ3n) is 1.13. The Bertz CT molecular complexity index is 196. The van der Waals surface area contributed by atoms with Gasteiger partial charge < -0.3 is 5.32 Å². The summed E-state index contributed by atoms with van der Waals surface area (Å²) in [6.45, 7) is 3.77. The van der Waals surface area contributed by atoms with E-state index in [1.807, 2.05) is 19.2 Å². The van der Waals surface area contributed by atoms with Gasteiger partial charge >= 0.3 is 0 Å². The first-order chi connectivity index (χ1) is 4.34. The van der Waals surface area contributed by atoms with Crippen molar-refractivity contribution in [1.82, 2.24) is 4.98 Å². The molecule has 0 bridgehead atoms. The summed E-state index contributed by atoms with van der Waals surface area (Å²) in [5, 5.41) is 2.92. The molecule has 0 saturated heterocycles. The number of nitrogens with zero attached hydrogens (tertiary/aromatic N) is 1. The van der Waals surface area contributed by atoms with Crippen molar-refractivity contribution in [2.24, 2.45) is 0 Å².